The van der Waals surface area contributed by atoms with Gasteiger partial charge in [0.1, 0.15) is 11.6 Å². The van der Waals surface area contributed by atoms with Crippen molar-refractivity contribution in [3.8, 4) is 11.3 Å². The fourth-order valence-electron chi connectivity index (χ4n) is 2.19. The van der Waals surface area contributed by atoms with Crippen LogP contribution in [0.5, 0.6) is 0 Å². The van der Waals surface area contributed by atoms with Crippen LogP contribution in [0.4, 0.5) is 13.9 Å². The van der Waals surface area contributed by atoms with Crippen molar-refractivity contribution >= 4 is 32.2 Å². The van der Waals surface area contributed by atoms with Gasteiger partial charge in [0, 0.05) is 28.8 Å². The van der Waals surface area contributed by atoms with Crippen LogP contribution in [-0.2, 0) is 9.84 Å². The predicted molar refractivity (Wildman–Crippen MR) is 95.0 cm³/mol. The van der Waals surface area contributed by atoms with Crippen LogP contribution >= 0.6 is 11.3 Å². The lowest BCUT2D eigenvalue weighted by molar-refractivity contribution is 0.102. The van der Waals surface area contributed by atoms with Crippen molar-refractivity contribution < 1.29 is 22.0 Å². The van der Waals surface area contributed by atoms with Crippen molar-refractivity contribution in [2.45, 2.75) is 4.90 Å². The Morgan fingerprint density at radius 2 is 1.92 bits per heavy atom. The van der Waals surface area contributed by atoms with Gasteiger partial charge in [0.15, 0.2) is 15.0 Å². The highest BCUT2D eigenvalue weighted by Crippen LogP contribution is 2.27. The number of thiazole rings is 1. The standard InChI is InChI=1S/C17H12F2N2O3S2/c1-26(23,24)12-4-2-3-10(7-12)16(22)21-17-20-15(9-25-17)13-6-5-11(18)8-14(13)19/h2-9H,1H3,(H,20,21,22). The van der Waals surface area contributed by atoms with E-state index in [1.807, 2.05) is 0 Å². The maximum Gasteiger partial charge on any atom is 0.257 e. The number of benzene rings is 2. The molecule has 0 aliphatic rings. The van der Waals surface area contributed by atoms with Gasteiger partial charge in [0.2, 0.25) is 0 Å². The summed E-state index contributed by atoms with van der Waals surface area (Å²) in [6, 6.07) is 8.73. The molecule has 9 heteroatoms. The fraction of sp³-hybridized carbons (Fsp3) is 0.0588. The van der Waals surface area contributed by atoms with Crippen molar-refractivity contribution in [3.05, 3.63) is 65.0 Å². The number of nitrogens with one attached hydrogen (secondary N) is 1. The van der Waals surface area contributed by atoms with E-state index in [9.17, 15) is 22.0 Å². The van der Waals surface area contributed by atoms with Gasteiger partial charge in [0.05, 0.1) is 10.6 Å². The third-order valence-electron chi connectivity index (χ3n) is 3.46. The Bertz CT molecular complexity index is 1090. The van der Waals surface area contributed by atoms with E-state index in [0.717, 1.165) is 29.7 Å². The molecule has 3 aromatic rings. The molecular weight excluding hydrogens is 382 g/mol. The Morgan fingerprint density at radius 1 is 1.15 bits per heavy atom. The first-order valence-corrected chi connectivity index (χ1v) is 10.0. The van der Waals surface area contributed by atoms with Gasteiger partial charge in [-0.2, -0.15) is 0 Å². The van der Waals surface area contributed by atoms with Crippen molar-refractivity contribution in [1.29, 1.82) is 0 Å². The lowest BCUT2D eigenvalue weighted by Crippen LogP contribution is -2.12. The molecule has 134 valence electrons. The van der Waals surface area contributed by atoms with Gasteiger partial charge in [-0.25, -0.2) is 22.2 Å². The van der Waals surface area contributed by atoms with Gasteiger partial charge in [-0.05, 0) is 30.3 Å². The van der Waals surface area contributed by atoms with Crippen LogP contribution in [-0.4, -0.2) is 25.6 Å². The third-order valence-corrected chi connectivity index (χ3v) is 5.32. The Hall–Kier alpha value is -2.65. The molecule has 0 fully saturated rings. The molecule has 5 nitrogen and oxygen atoms in total. The van der Waals surface area contributed by atoms with Gasteiger partial charge >= 0.3 is 0 Å². The van der Waals surface area contributed by atoms with Crippen LogP contribution in [0.2, 0.25) is 0 Å². The first kappa shape index (κ1) is 18.2. The molecule has 0 spiro atoms. The van der Waals surface area contributed by atoms with Gasteiger partial charge in [-0.15, -0.1) is 11.3 Å². The van der Waals surface area contributed by atoms with Crippen molar-refractivity contribution in [2.75, 3.05) is 11.6 Å². The number of nitrogens with zero attached hydrogens (tertiary/aromatic N) is 1. The average Bonchev–Trinajstić information content (AvgIpc) is 3.02. The number of rotatable bonds is 4. The molecule has 0 aliphatic carbocycles. The first-order chi connectivity index (χ1) is 12.2. The highest BCUT2D eigenvalue weighted by molar-refractivity contribution is 7.90. The van der Waals surface area contributed by atoms with Crippen molar-refractivity contribution in [2.24, 2.45) is 0 Å². The van der Waals surface area contributed by atoms with Crippen molar-refractivity contribution in [3.63, 3.8) is 0 Å². The van der Waals surface area contributed by atoms with Crippen molar-refractivity contribution in [1.82, 2.24) is 4.98 Å². The van der Waals surface area contributed by atoms with E-state index < -0.39 is 27.4 Å². The Morgan fingerprint density at radius 3 is 2.62 bits per heavy atom. The molecule has 1 N–H and O–H groups in total. The number of hydrogen-bond donors (Lipinski definition) is 1. The summed E-state index contributed by atoms with van der Waals surface area (Å²) in [4.78, 5) is 16.4. The summed E-state index contributed by atoms with van der Waals surface area (Å²) in [5, 5.41) is 4.27. The molecule has 1 amide bonds. The molecule has 0 radical (unpaired) electrons. The summed E-state index contributed by atoms with van der Waals surface area (Å²) in [6.07, 6.45) is 1.05. The second-order valence-electron chi connectivity index (χ2n) is 5.42. The van der Waals surface area contributed by atoms with E-state index in [1.54, 1.807) is 0 Å². The minimum Gasteiger partial charge on any atom is -0.298 e. The first-order valence-electron chi connectivity index (χ1n) is 7.26. The summed E-state index contributed by atoms with van der Waals surface area (Å²) in [7, 11) is -3.44. The van der Waals surface area contributed by atoms with Gasteiger partial charge in [-0.1, -0.05) is 6.07 Å². The molecule has 0 saturated carbocycles. The largest absolute Gasteiger partial charge is 0.298 e. The summed E-state index contributed by atoms with van der Waals surface area (Å²) < 4.78 is 50.0. The normalized spacial score (nSPS) is 11.3. The number of amides is 1. The monoisotopic (exact) mass is 394 g/mol. The molecule has 0 atom stereocenters. The zero-order valence-electron chi connectivity index (χ0n) is 13.4. The predicted octanol–water partition coefficient (Wildman–Crippen LogP) is 3.74. The molecule has 0 aliphatic heterocycles. The Labute approximate surface area is 152 Å². The van der Waals surface area contributed by atoms with Crippen LogP contribution in [0.3, 0.4) is 0 Å². The molecule has 0 saturated heterocycles. The van der Waals surface area contributed by atoms with Crippen LogP contribution < -0.4 is 5.32 Å². The van der Waals surface area contributed by atoms with E-state index in [-0.39, 0.29) is 26.8 Å². The fourth-order valence-corrected chi connectivity index (χ4v) is 3.56. The second kappa shape index (κ2) is 6.93. The highest BCUT2D eigenvalue weighted by atomic mass is 32.2. The smallest absolute Gasteiger partial charge is 0.257 e. The lowest BCUT2D eigenvalue weighted by Gasteiger charge is -2.04. The van der Waals surface area contributed by atoms with E-state index in [4.69, 9.17) is 0 Å². The average molecular weight is 394 g/mol. The summed E-state index contributed by atoms with van der Waals surface area (Å²) in [5.74, 6) is -1.99. The van der Waals surface area contributed by atoms with Crippen LogP contribution in [0.25, 0.3) is 11.3 Å². The van der Waals surface area contributed by atoms with Crippen LogP contribution in [0.15, 0.2) is 52.7 Å². The molecule has 1 aromatic heterocycles. The van der Waals surface area contributed by atoms with Crippen LogP contribution in [0.1, 0.15) is 10.4 Å². The number of carbonyl (C=O) groups is 1. The summed E-state index contributed by atoms with van der Waals surface area (Å²) >= 11 is 1.07. The Balaban J connectivity index is 1.82. The number of anilines is 1. The molecule has 0 unspecified atom stereocenters. The number of hydrogen-bond acceptors (Lipinski definition) is 5. The van der Waals surface area contributed by atoms with Gasteiger partial charge < -0.3 is 0 Å². The maximum atomic E-state index is 13.8. The second-order valence-corrected chi connectivity index (χ2v) is 8.29. The Kier molecular flexibility index (Phi) is 4.84. The van der Waals surface area contributed by atoms with Crippen LogP contribution in [0, 0.1) is 11.6 Å². The molecule has 2 aromatic carbocycles. The highest BCUT2D eigenvalue weighted by Gasteiger charge is 2.15. The SMILES string of the molecule is CS(=O)(=O)c1cccc(C(=O)Nc2nc(-c3ccc(F)cc3F)cs2)c1. The zero-order chi connectivity index (χ0) is 18.9. The number of sulfone groups is 1. The number of aromatic nitrogens is 1. The minimum absolute atomic E-state index is 0.0263. The lowest BCUT2D eigenvalue weighted by atomic mass is 10.1. The molecule has 1 heterocycles. The quantitative estimate of drug-likeness (QED) is 0.731. The van der Waals surface area contributed by atoms with E-state index in [1.165, 1.54) is 35.7 Å². The van der Waals surface area contributed by atoms with E-state index in [0.29, 0.717) is 0 Å². The maximum absolute atomic E-state index is 13.8. The number of carbonyl (C=O) groups excluding carboxylic acids is 1. The van der Waals surface area contributed by atoms with Gasteiger partial charge in [-0.3, -0.25) is 10.1 Å². The van der Waals surface area contributed by atoms with Gasteiger partial charge in [0.25, 0.3) is 5.91 Å². The molecular formula is C17H12F2N2O3S2. The minimum atomic E-state index is -3.44. The third kappa shape index (κ3) is 3.94. The van der Waals surface area contributed by atoms with E-state index >= 15 is 0 Å². The summed E-state index contributed by atoms with van der Waals surface area (Å²) in [5.41, 5.74) is 0.521. The topological polar surface area (TPSA) is 76.1 Å². The number of halogens is 2. The molecule has 3 rings (SSSR count). The molecule has 0 bridgehead atoms. The van der Waals surface area contributed by atoms with E-state index in [2.05, 4.69) is 10.3 Å². The molecule has 26 heavy (non-hydrogen) atoms. The summed E-state index contributed by atoms with van der Waals surface area (Å²) in [6.45, 7) is 0. The zero-order valence-corrected chi connectivity index (χ0v) is 15.0.